The summed E-state index contributed by atoms with van der Waals surface area (Å²) in [6, 6.07) is 11.0. The van der Waals surface area contributed by atoms with E-state index in [9.17, 15) is 0 Å². The van der Waals surface area contributed by atoms with Crippen LogP contribution in [0.1, 0.15) is 5.56 Å². The van der Waals surface area contributed by atoms with Crippen molar-refractivity contribution in [2.24, 2.45) is 0 Å². The number of nitrogens with one attached hydrogen (secondary N) is 1. The van der Waals surface area contributed by atoms with Gasteiger partial charge in [-0.1, -0.05) is 50.7 Å². The highest BCUT2D eigenvalue weighted by atomic mass is 79.9. The first-order valence-corrected chi connectivity index (χ1v) is 7.12. The maximum atomic E-state index is 6.09. The molecule has 0 saturated heterocycles. The summed E-state index contributed by atoms with van der Waals surface area (Å²) in [7, 11) is 0. The predicted octanol–water partition coefficient (Wildman–Crippen LogP) is 6.02. The lowest BCUT2D eigenvalue weighted by Gasteiger charge is -2.10. The molecule has 0 radical (unpaired) electrons. The minimum absolute atomic E-state index is 0.565. The van der Waals surface area contributed by atoms with Gasteiger partial charge in [0.15, 0.2) is 0 Å². The number of halogens is 4. The van der Waals surface area contributed by atoms with E-state index in [-0.39, 0.29) is 0 Å². The molecular weight excluding hydrogens is 356 g/mol. The van der Waals surface area contributed by atoms with Crippen molar-refractivity contribution in [3.8, 4) is 0 Å². The van der Waals surface area contributed by atoms with Crippen molar-refractivity contribution in [2.45, 2.75) is 6.54 Å². The summed E-state index contributed by atoms with van der Waals surface area (Å²) in [6.07, 6.45) is 0. The van der Waals surface area contributed by atoms with Gasteiger partial charge in [-0.3, -0.25) is 0 Å². The highest BCUT2D eigenvalue weighted by Crippen LogP contribution is 2.27. The Morgan fingerprint density at radius 1 is 0.944 bits per heavy atom. The first kappa shape index (κ1) is 14.0. The van der Waals surface area contributed by atoms with Crippen LogP contribution in [0.15, 0.2) is 40.9 Å². The van der Waals surface area contributed by atoms with Crippen molar-refractivity contribution < 1.29 is 0 Å². The van der Waals surface area contributed by atoms with Gasteiger partial charge in [0, 0.05) is 21.1 Å². The number of rotatable bonds is 3. The van der Waals surface area contributed by atoms with Crippen LogP contribution in [0.3, 0.4) is 0 Å². The first-order chi connectivity index (χ1) is 8.56. The minimum Gasteiger partial charge on any atom is -0.380 e. The van der Waals surface area contributed by atoms with Crippen molar-refractivity contribution in [2.75, 3.05) is 5.32 Å². The quantitative estimate of drug-likeness (QED) is 0.701. The summed E-state index contributed by atoms with van der Waals surface area (Å²) in [6.45, 7) is 0.565. The fraction of sp³-hybridized carbons (Fsp3) is 0.0769. The van der Waals surface area contributed by atoms with E-state index in [2.05, 4.69) is 21.2 Å². The van der Waals surface area contributed by atoms with Crippen molar-refractivity contribution in [1.29, 1.82) is 0 Å². The van der Waals surface area contributed by atoms with Crippen molar-refractivity contribution in [3.05, 3.63) is 61.5 Å². The largest absolute Gasteiger partial charge is 0.380 e. The van der Waals surface area contributed by atoms with E-state index in [1.165, 1.54) is 0 Å². The van der Waals surface area contributed by atoms with Crippen LogP contribution in [0.2, 0.25) is 15.1 Å². The Balaban J connectivity index is 2.16. The Morgan fingerprint density at radius 3 is 2.44 bits per heavy atom. The molecule has 0 fully saturated rings. The van der Waals surface area contributed by atoms with Gasteiger partial charge in [-0.2, -0.15) is 0 Å². The van der Waals surface area contributed by atoms with Gasteiger partial charge in [0.1, 0.15) is 0 Å². The molecule has 2 aromatic carbocycles. The van der Waals surface area contributed by atoms with Crippen LogP contribution < -0.4 is 5.32 Å². The summed E-state index contributed by atoms with van der Waals surface area (Å²) in [5.74, 6) is 0. The van der Waals surface area contributed by atoms with Crippen LogP contribution in [0.5, 0.6) is 0 Å². The van der Waals surface area contributed by atoms with Crippen LogP contribution in [-0.4, -0.2) is 0 Å². The molecule has 94 valence electrons. The summed E-state index contributed by atoms with van der Waals surface area (Å²) in [5.41, 5.74) is 1.78. The number of benzene rings is 2. The average molecular weight is 365 g/mol. The van der Waals surface area contributed by atoms with Crippen LogP contribution in [-0.2, 0) is 6.54 Å². The summed E-state index contributed by atoms with van der Waals surface area (Å²) < 4.78 is 0.964. The molecule has 5 heteroatoms. The lowest BCUT2D eigenvalue weighted by atomic mass is 10.2. The SMILES string of the molecule is Clc1ccc(Cl)c(CNc2cc(Br)ccc2Cl)c1. The molecule has 0 amide bonds. The van der Waals surface area contributed by atoms with Crippen LogP contribution in [0.25, 0.3) is 0 Å². The van der Waals surface area contributed by atoms with Gasteiger partial charge < -0.3 is 5.32 Å². The standard InChI is InChI=1S/C13H9BrCl3N/c14-9-1-3-12(17)13(6-9)18-7-8-5-10(15)2-4-11(8)16/h1-6,18H,7H2. The van der Waals surface area contributed by atoms with E-state index in [1.54, 1.807) is 12.1 Å². The molecule has 0 spiro atoms. The molecule has 0 aromatic heterocycles. The molecule has 0 aliphatic rings. The highest BCUT2D eigenvalue weighted by Gasteiger charge is 2.04. The van der Waals surface area contributed by atoms with Crippen molar-refractivity contribution >= 4 is 56.4 Å². The molecule has 1 N–H and O–H groups in total. The topological polar surface area (TPSA) is 12.0 Å². The molecular formula is C13H9BrCl3N. The third-order valence-corrected chi connectivity index (χ3v) is 3.83. The van der Waals surface area contributed by atoms with Gasteiger partial charge in [-0.05, 0) is 42.0 Å². The number of anilines is 1. The Morgan fingerprint density at radius 2 is 1.67 bits per heavy atom. The minimum atomic E-state index is 0.565. The molecule has 0 aliphatic heterocycles. The average Bonchev–Trinajstić information content (AvgIpc) is 2.34. The third kappa shape index (κ3) is 3.55. The van der Waals surface area contributed by atoms with E-state index in [4.69, 9.17) is 34.8 Å². The number of hydrogen-bond acceptors (Lipinski definition) is 1. The Bertz CT molecular complexity index is 521. The molecule has 0 unspecified atom stereocenters. The Kier molecular flexibility index (Phi) is 4.79. The maximum Gasteiger partial charge on any atom is 0.0638 e. The van der Waals surface area contributed by atoms with Gasteiger partial charge in [-0.25, -0.2) is 0 Å². The normalized spacial score (nSPS) is 10.4. The van der Waals surface area contributed by atoms with Gasteiger partial charge >= 0.3 is 0 Å². The molecule has 0 atom stereocenters. The van der Waals surface area contributed by atoms with Gasteiger partial charge in [-0.15, -0.1) is 0 Å². The molecule has 1 nitrogen and oxygen atoms in total. The fourth-order valence-corrected chi connectivity index (χ4v) is 2.43. The lowest BCUT2D eigenvalue weighted by molar-refractivity contribution is 1.15. The van der Waals surface area contributed by atoms with Gasteiger partial charge in [0.25, 0.3) is 0 Å². The summed E-state index contributed by atoms with van der Waals surface area (Å²) in [4.78, 5) is 0. The predicted molar refractivity (Wildman–Crippen MR) is 82.9 cm³/mol. The van der Waals surface area contributed by atoms with E-state index >= 15 is 0 Å². The van der Waals surface area contributed by atoms with E-state index in [0.717, 1.165) is 15.7 Å². The molecule has 0 heterocycles. The lowest BCUT2D eigenvalue weighted by Crippen LogP contribution is -2.00. The molecule has 18 heavy (non-hydrogen) atoms. The first-order valence-electron chi connectivity index (χ1n) is 5.19. The number of hydrogen-bond donors (Lipinski definition) is 1. The van der Waals surface area contributed by atoms with Crippen molar-refractivity contribution in [1.82, 2.24) is 0 Å². The second kappa shape index (κ2) is 6.16. The molecule has 2 aromatic rings. The Hall–Kier alpha value is -0.410. The van der Waals surface area contributed by atoms with Crippen LogP contribution in [0.4, 0.5) is 5.69 Å². The fourth-order valence-electron chi connectivity index (χ4n) is 1.50. The molecule has 0 bridgehead atoms. The monoisotopic (exact) mass is 363 g/mol. The zero-order valence-corrected chi connectivity index (χ0v) is 13.0. The maximum absolute atomic E-state index is 6.09. The molecule has 0 saturated carbocycles. The zero-order chi connectivity index (χ0) is 13.1. The van der Waals surface area contributed by atoms with Gasteiger partial charge in [0.2, 0.25) is 0 Å². The second-order valence-corrected chi connectivity index (χ2v) is 5.88. The molecule has 0 aliphatic carbocycles. The van der Waals surface area contributed by atoms with E-state index < -0.39 is 0 Å². The zero-order valence-electron chi connectivity index (χ0n) is 9.18. The third-order valence-electron chi connectivity index (χ3n) is 2.41. The second-order valence-electron chi connectivity index (χ2n) is 3.71. The van der Waals surface area contributed by atoms with Gasteiger partial charge in [0.05, 0.1) is 10.7 Å². The van der Waals surface area contributed by atoms with E-state index in [0.29, 0.717) is 21.6 Å². The van der Waals surface area contributed by atoms with Crippen LogP contribution in [0, 0.1) is 0 Å². The highest BCUT2D eigenvalue weighted by molar-refractivity contribution is 9.10. The Labute approximate surface area is 129 Å². The van der Waals surface area contributed by atoms with Crippen molar-refractivity contribution in [3.63, 3.8) is 0 Å². The smallest absolute Gasteiger partial charge is 0.0638 e. The van der Waals surface area contributed by atoms with Crippen LogP contribution >= 0.6 is 50.7 Å². The van der Waals surface area contributed by atoms with E-state index in [1.807, 2.05) is 24.3 Å². The summed E-state index contributed by atoms with van der Waals surface area (Å²) >= 11 is 21.5. The summed E-state index contributed by atoms with van der Waals surface area (Å²) in [5, 5.41) is 5.24. The molecule has 2 rings (SSSR count).